The van der Waals surface area contributed by atoms with Gasteiger partial charge in [-0.3, -0.25) is 4.79 Å². The van der Waals surface area contributed by atoms with Gasteiger partial charge in [0.05, 0.1) is 7.11 Å². The molecule has 1 unspecified atom stereocenters. The van der Waals surface area contributed by atoms with Crippen molar-refractivity contribution < 1.29 is 22.7 Å². The summed E-state index contributed by atoms with van der Waals surface area (Å²) < 4.78 is 26.6. The first-order valence-electron chi connectivity index (χ1n) is 5.43. The summed E-state index contributed by atoms with van der Waals surface area (Å²) >= 11 is 0. The predicted molar refractivity (Wildman–Crippen MR) is 69.1 cm³/mol. The van der Waals surface area contributed by atoms with Gasteiger partial charge in [-0.1, -0.05) is 30.3 Å². The first-order chi connectivity index (χ1) is 8.83. The second-order valence-corrected chi connectivity index (χ2v) is 6.14. The highest BCUT2D eigenvalue weighted by Gasteiger charge is 2.24. The summed E-state index contributed by atoms with van der Waals surface area (Å²) in [5.41, 5.74) is 0.524. The molecule has 0 fully saturated rings. The Labute approximate surface area is 111 Å². The Balaban J connectivity index is 2.89. The topological polar surface area (TPSA) is 89.5 Å². The van der Waals surface area contributed by atoms with E-state index in [1.54, 1.807) is 30.3 Å². The highest BCUT2D eigenvalue weighted by Crippen LogP contribution is 2.14. The number of esters is 1. The van der Waals surface area contributed by atoms with Crippen molar-refractivity contribution in [3.05, 3.63) is 35.9 Å². The molecule has 104 valence electrons. The Morgan fingerprint density at radius 1 is 1.26 bits per heavy atom. The summed E-state index contributed by atoms with van der Waals surface area (Å²) in [7, 11) is -2.25. The van der Waals surface area contributed by atoms with E-state index < -0.39 is 33.5 Å². The summed E-state index contributed by atoms with van der Waals surface area (Å²) in [6, 6.07) is 7.43. The van der Waals surface area contributed by atoms with Crippen LogP contribution >= 0.6 is 0 Å². The minimum atomic E-state index is -3.45. The van der Waals surface area contributed by atoms with Crippen LogP contribution in [0.25, 0.3) is 0 Å². The Hall–Kier alpha value is -1.89. The fourth-order valence-corrected chi connectivity index (χ4v) is 2.04. The molecule has 0 saturated carbocycles. The van der Waals surface area contributed by atoms with Gasteiger partial charge >= 0.3 is 5.97 Å². The van der Waals surface area contributed by atoms with E-state index in [1.807, 2.05) is 0 Å². The lowest BCUT2D eigenvalue weighted by atomic mass is 10.1. The molecule has 1 N–H and O–H groups in total. The van der Waals surface area contributed by atoms with Crippen LogP contribution in [-0.2, 0) is 24.2 Å². The van der Waals surface area contributed by atoms with Crippen molar-refractivity contribution in [2.24, 2.45) is 0 Å². The number of benzene rings is 1. The van der Waals surface area contributed by atoms with Crippen LogP contribution in [0.3, 0.4) is 0 Å². The third kappa shape index (κ3) is 5.09. The van der Waals surface area contributed by atoms with Gasteiger partial charge in [-0.25, -0.2) is 13.2 Å². The summed E-state index contributed by atoms with van der Waals surface area (Å²) in [6.07, 6.45) is 0.947. The highest BCUT2D eigenvalue weighted by molar-refractivity contribution is 7.91. The van der Waals surface area contributed by atoms with Crippen LogP contribution in [0.2, 0.25) is 0 Å². The average molecular weight is 285 g/mol. The number of ether oxygens (including phenoxy) is 1. The zero-order chi connectivity index (χ0) is 14.5. The third-order valence-corrected chi connectivity index (χ3v) is 3.05. The third-order valence-electron chi connectivity index (χ3n) is 2.27. The molecule has 1 atom stereocenters. The van der Waals surface area contributed by atoms with Gasteiger partial charge in [-0.05, 0) is 5.56 Å². The van der Waals surface area contributed by atoms with Crippen molar-refractivity contribution in [1.29, 1.82) is 0 Å². The summed E-state index contributed by atoms with van der Waals surface area (Å²) in [5, 5.41) is 2.35. The molecular formula is C12H15NO5S. The zero-order valence-electron chi connectivity index (χ0n) is 10.6. The van der Waals surface area contributed by atoms with Crippen LogP contribution in [0, 0.1) is 0 Å². The molecule has 0 aliphatic rings. The van der Waals surface area contributed by atoms with Gasteiger partial charge in [-0.15, -0.1) is 0 Å². The lowest BCUT2D eigenvalue weighted by Gasteiger charge is -2.16. The van der Waals surface area contributed by atoms with E-state index in [4.69, 9.17) is 0 Å². The molecular weight excluding hydrogens is 270 g/mol. The monoisotopic (exact) mass is 285 g/mol. The number of hydrogen-bond donors (Lipinski definition) is 1. The van der Waals surface area contributed by atoms with Crippen LogP contribution in [0.1, 0.15) is 11.6 Å². The quantitative estimate of drug-likeness (QED) is 0.773. The second-order valence-electron chi connectivity index (χ2n) is 4.00. The predicted octanol–water partition coefficient (Wildman–Crippen LogP) is 0.0615. The van der Waals surface area contributed by atoms with Gasteiger partial charge in [0, 0.05) is 6.26 Å². The smallest absolute Gasteiger partial charge is 0.333 e. The first-order valence-corrected chi connectivity index (χ1v) is 7.49. The fraction of sp³-hybridized carbons (Fsp3) is 0.333. The molecule has 0 saturated heterocycles. The van der Waals surface area contributed by atoms with Crippen molar-refractivity contribution in [2.45, 2.75) is 6.04 Å². The Morgan fingerprint density at radius 3 is 2.32 bits per heavy atom. The summed E-state index contributed by atoms with van der Waals surface area (Å²) in [4.78, 5) is 23.2. The number of nitrogens with one attached hydrogen (secondary N) is 1. The van der Waals surface area contributed by atoms with E-state index in [0.717, 1.165) is 6.26 Å². The van der Waals surface area contributed by atoms with Gasteiger partial charge in [0.1, 0.15) is 5.75 Å². The SMILES string of the molecule is COC(=O)C(NC(=O)CS(C)(=O)=O)c1ccccc1. The molecule has 1 aromatic carbocycles. The lowest BCUT2D eigenvalue weighted by Crippen LogP contribution is -2.37. The largest absolute Gasteiger partial charge is 0.467 e. The van der Waals surface area contributed by atoms with Gasteiger partial charge in [0.25, 0.3) is 0 Å². The standard InChI is InChI=1S/C12H15NO5S/c1-18-12(15)11(9-6-4-3-5-7-9)13-10(14)8-19(2,16)17/h3-7,11H,8H2,1-2H3,(H,13,14). The number of carbonyl (C=O) groups is 2. The molecule has 0 aromatic heterocycles. The van der Waals surface area contributed by atoms with Crippen LogP contribution in [0.5, 0.6) is 0 Å². The maximum absolute atomic E-state index is 11.6. The van der Waals surface area contributed by atoms with E-state index in [0.29, 0.717) is 5.56 Å². The molecule has 0 bridgehead atoms. The molecule has 1 rings (SSSR count). The summed E-state index contributed by atoms with van der Waals surface area (Å²) in [5.74, 6) is -2.08. The number of sulfone groups is 1. The molecule has 1 aromatic rings. The van der Waals surface area contributed by atoms with Gasteiger partial charge in [-0.2, -0.15) is 0 Å². The molecule has 0 radical (unpaired) electrons. The zero-order valence-corrected chi connectivity index (χ0v) is 11.4. The van der Waals surface area contributed by atoms with Gasteiger partial charge < -0.3 is 10.1 Å². The molecule has 0 aliphatic heterocycles. The number of hydrogen-bond acceptors (Lipinski definition) is 5. The van der Waals surface area contributed by atoms with E-state index >= 15 is 0 Å². The van der Waals surface area contributed by atoms with Gasteiger partial charge in [0.2, 0.25) is 5.91 Å². The Bertz CT molecular complexity index is 553. The maximum Gasteiger partial charge on any atom is 0.333 e. The van der Waals surface area contributed by atoms with E-state index in [9.17, 15) is 18.0 Å². The van der Waals surface area contributed by atoms with Crippen LogP contribution in [-0.4, -0.2) is 39.4 Å². The normalized spacial score (nSPS) is 12.5. The maximum atomic E-state index is 11.6. The number of carbonyl (C=O) groups excluding carboxylic acids is 2. The molecule has 7 heteroatoms. The van der Waals surface area contributed by atoms with E-state index in [2.05, 4.69) is 10.1 Å². The van der Waals surface area contributed by atoms with Crippen molar-refractivity contribution in [3.8, 4) is 0 Å². The highest BCUT2D eigenvalue weighted by atomic mass is 32.2. The Kier molecular flexibility index (Phi) is 5.05. The molecule has 6 nitrogen and oxygen atoms in total. The number of amides is 1. The van der Waals surface area contributed by atoms with Crippen LogP contribution in [0.15, 0.2) is 30.3 Å². The fourth-order valence-electron chi connectivity index (χ4n) is 1.48. The molecule has 0 heterocycles. The molecule has 1 amide bonds. The van der Waals surface area contributed by atoms with Crippen molar-refractivity contribution in [1.82, 2.24) is 5.32 Å². The van der Waals surface area contributed by atoms with Gasteiger partial charge in [0.15, 0.2) is 15.9 Å². The first kappa shape index (κ1) is 15.2. The van der Waals surface area contributed by atoms with Crippen molar-refractivity contribution >= 4 is 21.7 Å². The van der Waals surface area contributed by atoms with Crippen molar-refractivity contribution in [3.63, 3.8) is 0 Å². The number of rotatable bonds is 5. The average Bonchev–Trinajstić information content (AvgIpc) is 2.34. The lowest BCUT2D eigenvalue weighted by molar-refractivity contribution is -0.145. The second kappa shape index (κ2) is 6.33. The minimum Gasteiger partial charge on any atom is -0.467 e. The van der Waals surface area contributed by atoms with Crippen LogP contribution < -0.4 is 5.32 Å². The van der Waals surface area contributed by atoms with Crippen molar-refractivity contribution in [2.75, 3.05) is 19.1 Å². The molecule has 0 spiro atoms. The molecule has 19 heavy (non-hydrogen) atoms. The minimum absolute atomic E-state index is 0.524. The molecule has 0 aliphatic carbocycles. The van der Waals surface area contributed by atoms with E-state index in [-0.39, 0.29) is 0 Å². The Morgan fingerprint density at radius 2 is 1.84 bits per heavy atom. The van der Waals surface area contributed by atoms with E-state index in [1.165, 1.54) is 7.11 Å². The van der Waals surface area contributed by atoms with Crippen LogP contribution in [0.4, 0.5) is 0 Å². The number of methoxy groups -OCH3 is 1. The summed E-state index contributed by atoms with van der Waals surface area (Å²) in [6.45, 7) is 0.